The summed E-state index contributed by atoms with van der Waals surface area (Å²) in [6.45, 7) is 0.563. The number of carboxylic acids is 1. The first-order chi connectivity index (χ1) is 14.6. The SMILES string of the molecule is N[C@@H](Cc1ccc(OC23CC4CC(CC(NCCCS(=O)(=O)O)(C4)C2)C3)cc1)C(=O)O. The third-order valence-corrected chi connectivity index (χ3v) is 7.92. The minimum Gasteiger partial charge on any atom is -0.487 e. The second-order valence-electron chi connectivity index (χ2n) is 9.89. The second kappa shape index (κ2) is 8.35. The molecule has 8 nitrogen and oxygen atoms in total. The van der Waals surface area contributed by atoms with E-state index in [0.29, 0.717) is 24.8 Å². The van der Waals surface area contributed by atoms with Crippen molar-refractivity contribution in [2.45, 2.75) is 68.5 Å². The van der Waals surface area contributed by atoms with Crippen LogP contribution >= 0.6 is 0 Å². The molecule has 4 bridgehead atoms. The quantitative estimate of drug-likeness (QED) is 0.312. The minimum atomic E-state index is -3.93. The Kier molecular flexibility index (Phi) is 6.06. The summed E-state index contributed by atoms with van der Waals surface area (Å²) in [6, 6.07) is 6.63. The maximum absolute atomic E-state index is 11.0. The topological polar surface area (TPSA) is 139 Å². The smallest absolute Gasteiger partial charge is 0.320 e. The van der Waals surface area contributed by atoms with Crippen LogP contribution in [0, 0.1) is 11.8 Å². The normalized spacial score (nSPS) is 32.7. The zero-order valence-electron chi connectivity index (χ0n) is 17.6. The summed E-state index contributed by atoms with van der Waals surface area (Å²) in [5, 5.41) is 12.6. The highest BCUT2D eigenvalue weighted by Crippen LogP contribution is 2.58. The van der Waals surface area contributed by atoms with Gasteiger partial charge in [0.05, 0.1) is 5.75 Å². The summed E-state index contributed by atoms with van der Waals surface area (Å²) in [6.07, 6.45) is 7.04. The molecule has 5 N–H and O–H groups in total. The van der Waals surface area contributed by atoms with E-state index in [1.54, 1.807) is 0 Å². The second-order valence-corrected chi connectivity index (χ2v) is 11.5. The molecule has 2 unspecified atom stereocenters. The first-order valence-electron chi connectivity index (χ1n) is 11.0. The number of carboxylic acid groups (broad SMARTS) is 1. The molecule has 1 aromatic carbocycles. The summed E-state index contributed by atoms with van der Waals surface area (Å²) in [7, 11) is -3.93. The van der Waals surface area contributed by atoms with E-state index in [-0.39, 0.29) is 23.3 Å². The zero-order valence-corrected chi connectivity index (χ0v) is 18.4. The fourth-order valence-corrected chi connectivity index (χ4v) is 6.91. The van der Waals surface area contributed by atoms with Crippen LogP contribution in [0.5, 0.6) is 5.75 Å². The lowest BCUT2D eigenvalue weighted by Gasteiger charge is -2.61. The van der Waals surface area contributed by atoms with E-state index in [2.05, 4.69) is 5.32 Å². The van der Waals surface area contributed by atoms with Gasteiger partial charge in [0.1, 0.15) is 17.4 Å². The van der Waals surface area contributed by atoms with Crippen LogP contribution in [0.25, 0.3) is 0 Å². The molecule has 0 aliphatic heterocycles. The largest absolute Gasteiger partial charge is 0.487 e. The van der Waals surface area contributed by atoms with Gasteiger partial charge in [0.2, 0.25) is 0 Å². The molecule has 4 fully saturated rings. The lowest BCUT2D eigenvalue weighted by atomic mass is 9.51. The standard InChI is InChI=1S/C22H32N2O6S/c23-19(20(25)26)9-15-2-4-18(5-3-15)30-22-12-16-8-17(13-22)11-21(10-16,14-22)24-6-1-7-31(27,28)29/h2-5,16-17,19,24H,1,6-14,23H2,(H,25,26)(H,27,28,29)/t16?,17?,19-,21?,22?/m0/s1. The fourth-order valence-electron chi connectivity index (χ4n) is 6.40. The van der Waals surface area contributed by atoms with Gasteiger partial charge in [-0.25, -0.2) is 0 Å². The molecule has 4 aliphatic carbocycles. The number of hydrogen-bond donors (Lipinski definition) is 4. The molecule has 9 heteroatoms. The first-order valence-corrected chi connectivity index (χ1v) is 12.6. The molecule has 4 aliphatic rings. The Hall–Kier alpha value is -1.68. The molecule has 0 radical (unpaired) electrons. The predicted octanol–water partition coefficient (Wildman–Crippen LogP) is 1.98. The molecule has 0 amide bonds. The van der Waals surface area contributed by atoms with Crippen LogP contribution < -0.4 is 15.8 Å². The molecular weight excluding hydrogens is 420 g/mol. The molecule has 0 spiro atoms. The van der Waals surface area contributed by atoms with Crippen LogP contribution in [0.1, 0.15) is 50.5 Å². The third-order valence-electron chi connectivity index (χ3n) is 7.12. The number of ether oxygens (including phenoxy) is 1. The van der Waals surface area contributed by atoms with Crippen molar-refractivity contribution in [3.05, 3.63) is 29.8 Å². The number of carbonyl (C=O) groups is 1. The highest BCUT2D eigenvalue weighted by atomic mass is 32.2. The summed E-state index contributed by atoms with van der Waals surface area (Å²) in [5.41, 5.74) is 6.24. The molecule has 0 saturated heterocycles. The summed E-state index contributed by atoms with van der Waals surface area (Å²) in [5.74, 6) is 0.758. The van der Waals surface area contributed by atoms with E-state index in [1.165, 1.54) is 6.42 Å². The van der Waals surface area contributed by atoms with Crippen LogP contribution in [0.15, 0.2) is 24.3 Å². The predicted molar refractivity (Wildman–Crippen MR) is 116 cm³/mol. The van der Waals surface area contributed by atoms with E-state index in [0.717, 1.165) is 43.4 Å². The Morgan fingerprint density at radius 1 is 1.19 bits per heavy atom. The molecule has 3 atom stereocenters. The molecule has 31 heavy (non-hydrogen) atoms. The summed E-state index contributed by atoms with van der Waals surface area (Å²) < 4.78 is 37.5. The van der Waals surface area contributed by atoms with E-state index in [1.807, 2.05) is 24.3 Å². The van der Waals surface area contributed by atoms with Crippen LogP contribution in [-0.4, -0.2) is 53.5 Å². The van der Waals surface area contributed by atoms with Gasteiger partial charge in [-0.15, -0.1) is 0 Å². The number of rotatable bonds is 10. The maximum atomic E-state index is 11.0. The van der Waals surface area contributed by atoms with Crippen LogP contribution in [0.4, 0.5) is 0 Å². The van der Waals surface area contributed by atoms with Gasteiger partial charge in [-0.05, 0) is 81.0 Å². The van der Waals surface area contributed by atoms with Crippen molar-refractivity contribution in [3.63, 3.8) is 0 Å². The van der Waals surface area contributed by atoms with Crippen molar-refractivity contribution in [1.29, 1.82) is 0 Å². The molecule has 0 heterocycles. The number of hydrogen-bond acceptors (Lipinski definition) is 6. The Bertz CT molecular complexity index is 902. The summed E-state index contributed by atoms with van der Waals surface area (Å²) >= 11 is 0. The van der Waals surface area contributed by atoms with Gasteiger partial charge in [-0.3, -0.25) is 9.35 Å². The van der Waals surface area contributed by atoms with Gasteiger partial charge in [0.25, 0.3) is 10.1 Å². The Balaban J connectivity index is 1.41. The molecule has 4 saturated carbocycles. The Labute approximate surface area is 183 Å². The van der Waals surface area contributed by atoms with Gasteiger partial charge >= 0.3 is 5.97 Å². The van der Waals surface area contributed by atoms with Crippen molar-refractivity contribution in [3.8, 4) is 5.75 Å². The lowest BCUT2D eigenvalue weighted by Crippen LogP contribution is -2.66. The molecule has 5 rings (SSSR count). The average molecular weight is 453 g/mol. The van der Waals surface area contributed by atoms with Crippen LogP contribution in [-0.2, 0) is 21.3 Å². The van der Waals surface area contributed by atoms with Gasteiger partial charge in [0.15, 0.2) is 0 Å². The minimum absolute atomic E-state index is 0.0303. The van der Waals surface area contributed by atoms with Crippen molar-refractivity contribution >= 4 is 16.1 Å². The Morgan fingerprint density at radius 2 is 1.84 bits per heavy atom. The molecule has 1 aromatic rings. The first kappa shape index (κ1) is 22.5. The van der Waals surface area contributed by atoms with E-state index in [4.69, 9.17) is 20.1 Å². The number of aliphatic carboxylic acids is 1. The molecular formula is C22H32N2O6S. The molecule has 0 aromatic heterocycles. The van der Waals surface area contributed by atoms with Gasteiger partial charge < -0.3 is 20.9 Å². The average Bonchev–Trinajstić information content (AvgIpc) is 2.65. The highest BCUT2D eigenvalue weighted by molar-refractivity contribution is 7.85. The third kappa shape index (κ3) is 5.39. The maximum Gasteiger partial charge on any atom is 0.320 e. The van der Waals surface area contributed by atoms with Crippen molar-refractivity contribution < 1.29 is 27.6 Å². The van der Waals surface area contributed by atoms with Gasteiger partial charge in [0, 0.05) is 12.0 Å². The van der Waals surface area contributed by atoms with Crippen molar-refractivity contribution in [2.24, 2.45) is 17.6 Å². The van der Waals surface area contributed by atoms with Crippen LogP contribution in [0.2, 0.25) is 0 Å². The van der Waals surface area contributed by atoms with Gasteiger partial charge in [-0.2, -0.15) is 8.42 Å². The Morgan fingerprint density at radius 3 is 2.42 bits per heavy atom. The van der Waals surface area contributed by atoms with Crippen molar-refractivity contribution in [2.75, 3.05) is 12.3 Å². The van der Waals surface area contributed by atoms with Crippen LogP contribution in [0.3, 0.4) is 0 Å². The highest BCUT2D eigenvalue weighted by Gasteiger charge is 2.58. The number of nitrogens with two attached hydrogens (primary N) is 1. The van der Waals surface area contributed by atoms with E-state index in [9.17, 15) is 13.2 Å². The lowest BCUT2D eigenvalue weighted by molar-refractivity contribution is -0.138. The van der Waals surface area contributed by atoms with Crippen molar-refractivity contribution in [1.82, 2.24) is 5.32 Å². The van der Waals surface area contributed by atoms with Gasteiger partial charge in [-0.1, -0.05) is 12.1 Å². The zero-order chi connectivity index (χ0) is 22.3. The van der Waals surface area contributed by atoms with E-state index >= 15 is 0 Å². The van der Waals surface area contributed by atoms with E-state index < -0.39 is 22.1 Å². The number of benzene rings is 1. The number of nitrogens with one attached hydrogen (secondary N) is 1. The summed E-state index contributed by atoms with van der Waals surface area (Å²) in [4.78, 5) is 11.0. The molecule has 172 valence electrons. The monoisotopic (exact) mass is 452 g/mol. The fraction of sp³-hybridized carbons (Fsp3) is 0.682.